The largest absolute Gasteiger partial charge is 0.494 e. The monoisotopic (exact) mass is 403 g/mol. The predicted octanol–water partition coefficient (Wildman–Crippen LogP) is 5.74. The maximum atomic E-state index is 13.4. The van der Waals surface area contributed by atoms with Gasteiger partial charge in [0, 0.05) is 41.3 Å². The molecular formula is C26H29NO3. The summed E-state index contributed by atoms with van der Waals surface area (Å²) in [5.41, 5.74) is 4.69. The summed E-state index contributed by atoms with van der Waals surface area (Å²) in [7, 11) is 0. The van der Waals surface area contributed by atoms with E-state index in [4.69, 9.17) is 4.74 Å². The van der Waals surface area contributed by atoms with Crippen molar-refractivity contribution in [3.63, 3.8) is 0 Å². The number of Topliss-reactive ketones (excluding diaryl/α,β-unsaturated/α-hetero) is 1. The lowest BCUT2D eigenvalue weighted by molar-refractivity contribution is -0.119. The lowest BCUT2D eigenvalue weighted by Gasteiger charge is -2.38. The second-order valence-electron chi connectivity index (χ2n) is 8.34. The summed E-state index contributed by atoms with van der Waals surface area (Å²) in [6.07, 6.45) is 2.35. The van der Waals surface area contributed by atoms with Crippen molar-refractivity contribution >= 4 is 17.4 Å². The molecule has 1 amide bonds. The second kappa shape index (κ2) is 8.47. The molecule has 4 heteroatoms. The molecule has 0 saturated carbocycles. The molecule has 0 saturated heterocycles. The number of rotatable bonds is 5. The van der Waals surface area contributed by atoms with Crippen LogP contribution in [0.3, 0.4) is 0 Å². The van der Waals surface area contributed by atoms with Gasteiger partial charge in [-0.2, -0.15) is 0 Å². The Kier molecular flexibility index (Phi) is 5.76. The van der Waals surface area contributed by atoms with Crippen molar-refractivity contribution in [3.05, 3.63) is 70.9 Å². The Balaban J connectivity index is 1.81. The Labute approximate surface area is 178 Å². The fourth-order valence-electron chi connectivity index (χ4n) is 4.62. The molecule has 0 aromatic heterocycles. The van der Waals surface area contributed by atoms with Crippen LogP contribution in [0.5, 0.6) is 5.75 Å². The van der Waals surface area contributed by atoms with Gasteiger partial charge in [-0.15, -0.1) is 0 Å². The molecule has 30 heavy (non-hydrogen) atoms. The van der Waals surface area contributed by atoms with Gasteiger partial charge in [0.1, 0.15) is 5.75 Å². The van der Waals surface area contributed by atoms with Gasteiger partial charge in [0.2, 0.25) is 5.91 Å². The highest BCUT2D eigenvalue weighted by atomic mass is 16.5. The minimum atomic E-state index is -0.241. The smallest absolute Gasteiger partial charge is 0.232 e. The van der Waals surface area contributed by atoms with Gasteiger partial charge in [-0.1, -0.05) is 44.2 Å². The van der Waals surface area contributed by atoms with Crippen LogP contribution in [0.4, 0.5) is 5.69 Å². The minimum absolute atomic E-state index is 0.0389. The number of carbonyl (C=O) groups excluding carboxylic acids is 2. The number of allylic oxidation sites excluding steroid dienone is 2. The van der Waals surface area contributed by atoms with Gasteiger partial charge in [-0.25, -0.2) is 0 Å². The van der Waals surface area contributed by atoms with Crippen LogP contribution in [-0.4, -0.2) is 18.3 Å². The first-order chi connectivity index (χ1) is 14.5. The van der Waals surface area contributed by atoms with E-state index < -0.39 is 0 Å². The lowest BCUT2D eigenvalue weighted by atomic mass is 9.77. The Hall–Kier alpha value is -2.88. The first-order valence-electron chi connectivity index (χ1n) is 10.9. The molecule has 2 aliphatic rings. The van der Waals surface area contributed by atoms with E-state index in [0.29, 0.717) is 18.9 Å². The molecule has 156 valence electrons. The third-order valence-corrected chi connectivity index (χ3v) is 6.09. The Morgan fingerprint density at radius 2 is 1.77 bits per heavy atom. The molecule has 0 fully saturated rings. The van der Waals surface area contributed by atoms with Crippen LogP contribution < -0.4 is 9.64 Å². The Morgan fingerprint density at radius 3 is 2.47 bits per heavy atom. The summed E-state index contributed by atoms with van der Waals surface area (Å²) < 4.78 is 5.83. The molecule has 0 bridgehead atoms. The van der Waals surface area contributed by atoms with E-state index in [1.54, 1.807) is 4.90 Å². The van der Waals surface area contributed by atoms with E-state index >= 15 is 0 Å². The summed E-state index contributed by atoms with van der Waals surface area (Å²) in [5.74, 6) is 1.15. The van der Waals surface area contributed by atoms with Crippen LogP contribution in [0.15, 0.2) is 59.8 Å². The van der Waals surface area contributed by atoms with E-state index in [1.165, 1.54) is 5.56 Å². The van der Waals surface area contributed by atoms with Crippen LogP contribution in [0, 0.1) is 0 Å². The number of anilines is 1. The molecule has 1 aliphatic carbocycles. The molecule has 0 radical (unpaired) electrons. The number of benzene rings is 2. The summed E-state index contributed by atoms with van der Waals surface area (Å²) >= 11 is 0. The Morgan fingerprint density at radius 1 is 1.03 bits per heavy atom. The maximum absolute atomic E-state index is 13.4. The summed E-state index contributed by atoms with van der Waals surface area (Å²) in [6, 6.07) is 16.0. The van der Waals surface area contributed by atoms with Gasteiger partial charge < -0.3 is 4.74 Å². The zero-order chi connectivity index (χ0) is 21.3. The summed E-state index contributed by atoms with van der Waals surface area (Å²) in [6.45, 7) is 6.80. The topological polar surface area (TPSA) is 46.6 Å². The first-order valence-corrected chi connectivity index (χ1v) is 10.9. The van der Waals surface area contributed by atoms with E-state index in [0.717, 1.165) is 41.1 Å². The quantitative estimate of drug-likeness (QED) is 0.640. The van der Waals surface area contributed by atoms with Gasteiger partial charge in [-0.3, -0.25) is 14.5 Å². The number of carbonyl (C=O) groups is 2. The molecule has 2 aromatic rings. The van der Waals surface area contributed by atoms with Gasteiger partial charge in [-0.05, 0) is 49.4 Å². The number of para-hydroxylation sites is 1. The number of nitrogens with zero attached hydrogens (tertiary/aromatic N) is 1. The number of hydrogen-bond acceptors (Lipinski definition) is 3. The van der Waals surface area contributed by atoms with Crippen molar-refractivity contribution in [1.82, 2.24) is 0 Å². The maximum Gasteiger partial charge on any atom is 0.232 e. The number of ketones is 1. The summed E-state index contributed by atoms with van der Waals surface area (Å²) in [4.78, 5) is 28.2. The van der Waals surface area contributed by atoms with Crippen molar-refractivity contribution in [2.45, 2.75) is 58.3 Å². The molecule has 4 nitrogen and oxygen atoms in total. The highest BCUT2D eigenvalue weighted by Gasteiger charge is 2.40. The van der Waals surface area contributed by atoms with E-state index in [1.807, 2.05) is 43.3 Å². The average molecular weight is 404 g/mol. The lowest BCUT2D eigenvalue weighted by Crippen LogP contribution is -2.40. The molecule has 0 N–H and O–H groups in total. The number of amides is 1. The Bertz CT molecular complexity index is 988. The third kappa shape index (κ3) is 3.67. The van der Waals surface area contributed by atoms with Crippen LogP contribution in [0.2, 0.25) is 0 Å². The highest BCUT2D eigenvalue weighted by Crippen LogP contribution is 2.45. The van der Waals surface area contributed by atoms with E-state index in [2.05, 4.69) is 26.0 Å². The standard InChI is InChI=1S/C26H29NO3/c1-4-30-24-11-6-5-8-20(24)21-16-25(29)27(22-9-7-10-23(28)26(21)22)19-14-12-18(13-15-19)17(2)3/h5-6,8,11-15,17,21H,4,7,9-10,16H2,1-3H3. The van der Waals surface area contributed by atoms with Crippen LogP contribution in [-0.2, 0) is 9.59 Å². The zero-order valence-electron chi connectivity index (χ0n) is 18.0. The van der Waals surface area contributed by atoms with E-state index in [-0.39, 0.29) is 24.0 Å². The minimum Gasteiger partial charge on any atom is -0.494 e. The van der Waals surface area contributed by atoms with Gasteiger partial charge in [0.25, 0.3) is 0 Å². The molecular weight excluding hydrogens is 374 g/mol. The SMILES string of the molecule is CCOc1ccccc1C1CC(=O)N(c2ccc(C(C)C)cc2)C2=C1C(=O)CCC2. The van der Waals surface area contributed by atoms with Crippen LogP contribution in [0.25, 0.3) is 0 Å². The molecule has 1 heterocycles. The predicted molar refractivity (Wildman–Crippen MR) is 119 cm³/mol. The molecule has 0 spiro atoms. The second-order valence-corrected chi connectivity index (χ2v) is 8.34. The third-order valence-electron chi connectivity index (χ3n) is 6.09. The fraction of sp³-hybridized carbons (Fsp3) is 0.385. The van der Waals surface area contributed by atoms with E-state index in [9.17, 15) is 9.59 Å². The molecule has 1 aliphatic heterocycles. The van der Waals surface area contributed by atoms with Crippen molar-refractivity contribution < 1.29 is 14.3 Å². The first kappa shape index (κ1) is 20.4. The van der Waals surface area contributed by atoms with Crippen molar-refractivity contribution in [2.24, 2.45) is 0 Å². The molecule has 4 rings (SSSR count). The van der Waals surface area contributed by atoms with Crippen molar-refractivity contribution in [1.29, 1.82) is 0 Å². The molecule has 2 aromatic carbocycles. The summed E-state index contributed by atoms with van der Waals surface area (Å²) in [5, 5.41) is 0. The molecule has 1 unspecified atom stereocenters. The van der Waals surface area contributed by atoms with Crippen molar-refractivity contribution in [2.75, 3.05) is 11.5 Å². The van der Waals surface area contributed by atoms with Crippen LogP contribution >= 0.6 is 0 Å². The zero-order valence-corrected chi connectivity index (χ0v) is 18.0. The fourth-order valence-corrected chi connectivity index (χ4v) is 4.62. The average Bonchev–Trinajstić information content (AvgIpc) is 2.74. The normalized spacial score (nSPS) is 19.3. The number of ether oxygens (including phenoxy) is 1. The highest BCUT2D eigenvalue weighted by molar-refractivity contribution is 6.07. The van der Waals surface area contributed by atoms with Gasteiger partial charge >= 0.3 is 0 Å². The van der Waals surface area contributed by atoms with Gasteiger partial charge in [0.15, 0.2) is 5.78 Å². The van der Waals surface area contributed by atoms with Gasteiger partial charge in [0.05, 0.1) is 6.61 Å². The molecule has 1 atom stereocenters. The van der Waals surface area contributed by atoms with Crippen molar-refractivity contribution in [3.8, 4) is 5.75 Å². The van der Waals surface area contributed by atoms with Crippen LogP contribution in [0.1, 0.15) is 69.4 Å². The number of hydrogen-bond donors (Lipinski definition) is 0.